The van der Waals surface area contributed by atoms with E-state index in [0.717, 1.165) is 0 Å². The van der Waals surface area contributed by atoms with Crippen LogP contribution in [0.4, 0.5) is 0 Å². The van der Waals surface area contributed by atoms with E-state index >= 15 is 0 Å². The molecule has 0 fully saturated rings. The highest BCUT2D eigenvalue weighted by Crippen LogP contribution is 2.20. The third-order valence-corrected chi connectivity index (χ3v) is 12.8. The molecule has 0 radical (unpaired) electrons. The van der Waals surface area contributed by atoms with Gasteiger partial charge in [0.15, 0.2) is 17.7 Å². The zero-order valence-electron chi connectivity index (χ0n) is 47.0. The molecule has 22 N–H and O–H groups in total. The van der Waals surface area contributed by atoms with Crippen molar-refractivity contribution in [3.63, 3.8) is 0 Å². The summed E-state index contributed by atoms with van der Waals surface area (Å²) in [6.45, 7) is 8.19. The van der Waals surface area contributed by atoms with Crippen molar-refractivity contribution in [2.24, 2.45) is 50.5 Å². The van der Waals surface area contributed by atoms with Crippen LogP contribution in [0.15, 0.2) is 40.4 Å². The van der Waals surface area contributed by atoms with Gasteiger partial charge in [-0.25, -0.2) is 0 Å². The summed E-state index contributed by atoms with van der Waals surface area (Å²) < 4.78 is 0. The number of H-pyrrole nitrogens is 1. The lowest BCUT2D eigenvalue weighted by Crippen LogP contribution is -2.60. The van der Waals surface area contributed by atoms with Gasteiger partial charge in [0.25, 0.3) is 0 Å². The first kappa shape index (κ1) is 70.0. The summed E-state index contributed by atoms with van der Waals surface area (Å²) in [5.74, 6) is -11.1. The Morgan fingerprint density at radius 1 is 0.610 bits per heavy atom. The number of rotatable bonds is 37. The molecule has 30 nitrogen and oxygen atoms in total. The fraction of sp³-hybridized carbons (Fsp3) is 0.588. The van der Waals surface area contributed by atoms with E-state index in [0.29, 0.717) is 16.5 Å². The molecule has 0 aliphatic carbocycles. The molecular formula is C51H83N17O13S. The van der Waals surface area contributed by atoms with Crippen molar-refractivity contribution in [1.29, 1.82) is 0 Å². The number of carbonyl (C=O) groups is 11. The molecule has 9 atom stereocenters. The molecule has 2 aromatic rings. The number of para-hydroxylation sites is 1. The highest BCUT2D eigenvalue weighted by atomic mass is 32.1. The Balaban J connectivity index is 2.44. The fourth-order valence-corrected chi connectivity index (χ4v) is 8.37. The third-order valence-electron chi connectivity index (χ3n) is 12.5. The van der Waals surface area contributed by atoms with Crippen LogP contribution < -0.4 is 76.5 Å². The number of guanidine groups is 2. The standard InChI is InChI=1S/C51H83N17O13S/c1-25(2)19-35(45(77)66-37(24-82)47(79)64-34(15-16-40(73)74)44(76)62-31(27(5)69)13-9-17-57-50(53)54)65-43(75)33(14-10-18-58-51(55)56)63-46(78)36(20-29-22-59-32-12-8-7-11-30(29)32)61-39(72)23-60-48(80)42(28(6)70)68-49(81)41(26(3)4)67-38(71)21-52/h7-8,11-12,22,25-26,28,31,33-37,41-42,59,70,82H,9-10,13-21,23-24,52H2,1-6H3,(H,60,80)(H,61,72)(H,62,76)(H,63,78)(H,64,79)(H,65,75)(H,66,77)(H,67,71)(H,68,81)(H,73,74)(H4,53,54,57)(H4,55,56,58)/t28-,31+,33-,34+,35+,36+,37+,41+,42+/m1/s1. The Morgan fingerprint density at radius 2 is 1.12 bits per heavy atom. The second kappa shape index (κ2) is 35.6. The number of fused-ring (bicyclic) bond motifs is 1. The van der Waals surface area contributed by atoms with Gasteiger partial charge in [-0.05, 0) is 75.8 Å². The first-order chi connectivity index (χ1) is 38.6. The van der Waals surface area contributed by atoms with E-state index in [9.17, 15) is 63.0 Å². The van der Waals surface area contributed by atoms with Crippen LogP contribution in [0.25, 0.3) is 10.9 Å². The van der Waals surface area contributed by atoms with Gasteiger partial charge in [-0.3, -0.25) is 62.7 Å². The van der Waals surface area contributed by atoms with Crippen molar-refractivity contribution in [3.8, 4) is 0 Å². The van der Waals surface area contributed by atoms with E-state index in [1.165, 1.54) is 13.8 Å². The lowest BCUT2D eigenvalue weighted by atomic mass is 10.0. The molecule has 0 spiro atoms. The van der Waals surface area contributed by atoms with Gasteiger partial charge in [-0.15, -0.1) is 0 Å². The summed E-state index contributed by atoms with van der Waals surface area (Å²) in [6.07, 6.45) is -0.655. The highest BCUT2D eigenvalue weighted by molar-refractivity contribution is 7.80. The minimum Gasteiger partial charge on any atom is -0.481 e. The van der Waals surface area contributed by atoms with Crippen molar-refractivity contribution in [3.05, 3.63) is 36.0 Å². The summed E-state index contributed by atoms with van der Waals surface area (Å²) in [7, 11) is 0. The van der Waals surface area contributed by atoms with Crippen molar-refractivity contribution in [2.75, 3.05) is 31.9 Å². The number of aliphatic hydroxyl groups is 1. The average Bonchev–Trinajstić information content (AvgIpc) is 3.99. The van der Waals surface area contributed by atoms with E-state index in [1.807, 2.05) is 0 Å². The maximum absolute atomic E-state index is 14.5. The monoisotopic (exact) mass is 1170 g/mol. The number of thiol groups is 1. The zero-order valence-corrected chi connectivity index (χ0v) is 47.9. The van der Waals surface area contributed by atoms with E-state index in [1.54, 1.807) is 58.2 Å². The molecule has 0 bridgehead atoms. The predicted octanol–water partition coefficient (Wildman–Crippen LogP) is -4.76. The Labute approximate surface area is 480 Å². The normalized spacial score (nSPS) is 14.4. The number of nitrogens with one attached hydrogen (secondary N) is 10. The van der Waals surface area contributed by atoms with Gasteiger partial charge in [-0.2, -0.15) is 12.6 Å². The van der Waals surface area contributed by atoms with Crippen molar-refractivity contribution >= 4 is 100 Å². The van der Waals surface area contributed by atoms with E-state index in [-0.39, 0.29) is 75.2 Å². The molecule has 2 rings (SSSR count). The maximum atomic E-state index is 14.5. The van der Waals surface area contributed by atoms with Gasteiger partial charge < -0.3 is 91.7 Å². The number of hydrogen-bond acceptors (Lipinski definition) is 16. The number of Topliss-reactive ketones (excluding diaryl/α,β-unsaturated/α-hetero) is 1. The topological polar surface area (TPSA) is 507 Å². The Kier molecular flexibility index (Phi) is 30.4. The summed E-state index contributed by atoms with van der Waals surface area (Å²) in [5, 5.41) is 43.2. The Morgan fingerprint density at radius 3 is 1.65 bits per heavy atom. The highest BCUT2D eigenvalue weighted by Gasteiger charge is 2.35. The van der Waals surface area contributed by atoms with Crippen LogP contribution in [-0.4, -0.2) is 178 Å². The molecule has 0 aliphatic heterocycles. The molecular weight excluding hydrogens is 1090 g/mol. The lowest BCUT2D eigenvalue weighted by molar-refractivity contribution is -0.138. The second-order valence-electron chi connectivity index (χ2n) is 20.2. The number of amides is 9. The average molecular weight is 1170 g/mol. The van der Waals surface area contributed by atoms with Crippen LogP contribution in [-0.2, 0) is 59.2 Å². The van der Waals surface area contributed by atoms with E-state index in [4.69, 9.17) is 28.7 Å². The quantitative estimate of drug-likeness (QED) is 0.0131. The minimum atomic E-state index is -1.60. The molecule has 1 aromatic heterocycles. The number of nitrogens with zero attached hydrogens (tertiary/aromatic N) is 2. The summed E-state index contributed by atoms with van der Waals surface area (Å²) in [6, 6.07) is -3.90. The smallest absolute Gasteiger partial charge is 0.303 e. The zero-order chi connectivity index (χ0) is 61.8. The molecule has 0 aliphatic rings. The van der Waals surface area contributed by atoms with Gasteiger partial charge >= 0.3 is 5.97 Å². The van der Waals surface area contributed by atoms with Crippen LogP contribution in [0, 0.1) is 11.8 Å². The van der Waals surface area contributed by atoms with Gasteiger partial charge in [0.05, 0.1) is 25.2 Å². The SMILES string of the molecule is CC(=O)[C@H](CCCN=C(N)N)NC(=O)[C@H](CCC(=O)O)NC(=O)[C@H](CS)NC(=O)[C@H](CC(C)C)NC(=O)[C@@H](CCCN=C(N)N)NC(=O)[C@H](Cc1c[nH]c2ccccc12)NC(=O)CNC(=O)[C@@H](NC(=O)[C@@H](NC(=O)CN)C(C)C)[C@@H](C)O. The van der Waals surface area contributed by atoms with Crippen LogP contribution in [0.2, 0.25) is 0 Å². The van der Waals surface area contributed by atoms with Crippen LogP contribution in [0.3, 0.4) is 0 Å². The number of aromatic nitrogens is 1. The summed E-state index contributed by atoms with van der Waals surface area (Å²) in [4.78, 5) is 158. The first-order valence-corrected chi connectivity index (χ1v) is 27.3. The number of aliphatic imine (C=N–C) groups is 2. The van der Waals surface area contributed by atoms with Crippen LogP contribution in [0.5, 0.6) is 0 Å². The molecule has 456 valence electrons. The van der Waals surface area contributed by atoms with Gasteiger partial charge in [0.2, 0.25) is 53.2 Å². The van der Waals surface area contributed by atoms with E-state index in [2.05, 4.69) is 75.4 Å². The number of carboxylic acid groups (broad SMARTS) is 1. The first-order valence-electron chi connectivity index (χ1n) is 26.6. The van der Waals surface area contributed by atoms with Crippen molar-refractivity contribution in [2.45, 2.75) is 147 Å². The third kappa shape index (κ3) is 25.2. The molecule has 1 aromatic carbocycles. The molecule has 9 amide bonds. The summed E-state index contributed by atoms with van der Waals surface area (Å²) in [5.41, 5.74) is 28.5. The molecule has 31 heteroatoms. The number of carboxylic acids is 1. The van der Waals surface area contributed by atoms with Crippen LogP contribution in [0.1, 0.15) is 92.1 Å². The largest absolute Gasteiger partial charge is 0.481 e. The van der Waals surface area contributed by atoms with E-state index < -0.39 is 151 Å². The number of aromatic amines is 1. The molecule has 1 heterocycles. The van der Waals surface area contributed by atoms with Crippen molar-refractivity contribution in [1.82, 2.24) is 52.8 Å². The molecule has 0 saturated heterocycles. The number of benzene rings is 1. The lowest BCUT2D eigenvalue weighted by Gasteiger charge is -2.28. The van der Waals surface area contributed by atoms with Crippen molar-refractivity contribution < 1.29 is 63.0 Å². The number of aliphatic hydroxyl groups excluding tert-OH is 1. The fourth-order valence-electron chi connectivity index (χ4n) is 8.12. The van der Waals surface area contributed by atoms with Gasteiger partial charge in [0.1, 0.15) is 42.3 Å². The van der Waals surface area contributed by atoms with Gasteiger partial charge in [-0.1, -0.05) is 45.9 Å². The number of carbonyl (C=O) groups excluding carboxylic acids is 10. The number of hydrogen-bond donors (Lipinski definition) is 18. The Hall–Kier alpha value is -8.06. The second-order valence-corrected chi connectivity index (χ2v) is 20.5. The summed E-state index contributed by atoms with van der Waals surface area (Å²) >= 11 is 4.24. The number of aliphatic carboxylic acids is 1. The number of ketones is 1. The van der Waals surface area contributed by atoms with Crippen LogP contribution >= 0.6 is 12.6 Å². The number of nitrogens with two attached hydrogens (primary N) is 5. The van der Waals surface area contributed by atoms with Gasteiger partial charge in [0, 0.05) is 48.8 Å². The molecule has 0 unspecified atom stereocenters. The predicted molar refractivity (Wildman–Crippen MR) is 307 cm³/mol. The minimum absolute atomic E-state index is 0.000510. The molecule has 0 saturated carbocycles. The maximum Gasteiger partial charge on any atom is 0.303 e. The molecule has 82 heavy (non-hydrogen) atoms. The Bertz CT molecular complexity index is 2590.